The van der Waals surface area contributed by atoms with Crippen LogP contribution >= 0.6 is 15.8 Å². The van der Waals surface area contributed by atoms with Crippen LogP contribution in [-0.4, -0.2) is 0 Å². The van der Waals surface area contributed by atoms with Gasteiger partial charge in [0.15, 0.2) is 34.6 Å². The molecule has 0 aliphatic rings. The molecule has 0 aliphatic carbocycles. The van der Waals surface area contributed by atoms with E-state index in [9.17, 15) is 0 Å². The molecule has 0 aromatic heterocycles. The summed E-state index contributed by atoms with van der Waals surface area (Å²) < 4.78 is 62.5. The van der Waals surface area contributed by atoms with Gasteiger partial charge in [-0.25, -0.2) is 17.6 Å². The Morgan fingerprint density at radius 2 is 0.614 bits per heavy atom. The minimum Gasteiger partial charge on any atom is -0.204 e. The average Bonchev–Trinajstić information content (AvgIpc) is 3.07. The van der Waals surface area contributed by atoms with Gasteiger partial charge in [-0.05, 0) is 61.3 Å². The summed E-state index contributed by atoms with van der Waals surface area (Å²) in [5.74, 6) is -3.83. The second-order valence-electron chi connectivity index (χ2n) is 9.67. The third kappa shape index (κ3) is 6.10. The quantitative estimate of drug-likeness (QED) is 0.0930. The minimum atomic E-state index is -1.43. The maximum absolute atomic E-state index is 16.1. The first-order valence-corrected chi connectivity index (χ1v) is 16.4. The van der Waals surface area contributed by atoms with Gasteiger partial charge in [0.2, 0.25) is 0 Å². The maximum Gasteiger partial charge on any atom is 0.162 e. The Kier molecular flexibility index (Phi) is 9.02. The Hall–Kier alpha value is -4.50. The van der Waals surface area contributed by atoms with Crippen LogP contribution in [0.15, 0.2) is 156 Å². The first kappa shape index (κ1) is 29.6. The van der Waals surface area contributed by atoms with Crippen LogP contribution in [-0.2, 0) is 0 Å². The number of halogens is 4. The van der Waals surface area contributed by atoms with Gasteiger partial charge in [0.05, 0.1) is 0 Å². The second-order valence-corrected chi connectivity index (χ2v) is 14.0. The Balaban J connectivity index is 1.45. The minimum absolute atomic E-state index is 0.221. The summed E-state index contributed by atoms with van der Waals surface area (Å²) in [6, 6.07) is 42.4. The average molecular weight is 623 g/mol. The Bertz CT molecular complexity index is 1690. The Morgan fingerprint density at radius 1 is 0.341 bits per heavy atom. The smallest absolute Gasteiger partial charge is 0.162 e. The molecule has 0 spiro atoms. The number of hydrogen-bond donors (Lipinski definition) is 0. The predicted molar refractivity (Wildman–Crippen MR) is 174 cm³/mol. The van der Waals surface area contributed by atoms with E-state index in [1.54, 1.807) is 0 Å². The zero-order chi connectivity index (χ0) is 30.5. The van der Waals surface area contributed by atoms with Crippen molar-refractivity contribution in [1.82, 2.24) is 0 Å². The molecule has 0 unspecified atom stereocenters. The molecule has 0 bridgehead atoms. The van der Waals surface area contributed by atoms with E-state index < -0.39 is 50.5 Å². The molecular weight excluding hydrogens is 598 g/mol. The summed E-state index contributed by atoms with van der Waals surface area (Å²) in [6.07, 6.45) is 0. The fraction of sp³-hybridized carbons (Fsp3) is 0. The van der Waals surface area contributed by atoms with Gasteiger partial charge in [-0.15, -0.1) is 10.2 Å². The molecule has 0 aliphatic heterocycles. The molecule has 0 atom stereocenters. The first-order chi connectivity index (χ1) is 21.5. The molecule has 6 rings (SSSR count). The third-order valence-electron chi connectivity index (χ3n) is 6.88. The predicted octanol–water partition coefficient (Wildman–Crippen LogP) is 8.17. The van der Waals surface area contributed by atoms with Crippen molar-refractivity contribution in [1.29, 1.82) is 0 Å². The largest absolute Gasteiger partial charge is 0.204 e. The molecule has 0 amide bonds. The topological polar surface area (TPSA) is 24.7 Å². The molecule has 44 heavy (non-hydrogen) atoms. The van der Waals surface area contributed by atoms with Crippen LogP contribution in [0.5, 0.6) is 0 Å². The highest BCUT2D eigenvalue weighted by atomic mass is 31.1. The molecule has 6 aromatic carbocycles. The third-order valence-corrected chi connectivity index (χ3v) is 11.8. The van der Waals surface area contributed by atoms with Gasteiger partial charge in [-0.2, -0.15) is 0 Å². The van der Waals surface area contributed by atoms with Crippen LogP contribution in [0.2, 0.25) is 0 Å². The van der Waals surface area contributed by atoms with Crippen molar-refractivity contribution in [3.05, 3.63) is 169 Å². The molecule has 216 valence electrons. The zero-order valence-electron chi connectivity index (χ0n) is 23.2. The zero-order valence-corrected chi connectivity index (χ0v) is 24.9. The maximum atomic E-state index is 16.1. The Morgan fingerprint density at radius 3 is 0.886 bits per heavy atom. The second kappa shape index (κ2) is 13.4. The summed E-state index contributed by atoms with van der Waals surface area (Å²) in [6.45, 7) is 0. The summed E-state index contributed by atoms with van der Waals surface area (Å²) in [7, 11) is -2.85. The highest BCUT2D eigenvalue weighted by Gasteiger charge is 2.26. The molecule has 0 N–H and O–H groups in total. The molecule has 0 saturated carbocycles. The monoisotopic (exact) mass is 622 g/mol. The van der Waals surface area contributed by atoms with E-state index in [0.29, 0.717) is 0 Å². The van der Waals surface area contributed by atoms with Crippen molar-refractivity contribution in [2.75, 3.05) is 0 Å². The molecule has 0 saturated heterocycles. The van der Waals surface area contributed by atoms with E-state index in [1.807, 2.05) is 121 Å². The summed E-state index contributed by atoms with van der Waals surface area (Å²) in [4.78, 5) is 0. The molecule has 0 radical (unpaired) electrons. The first-order valence-electron chi connectivity index (χ1n) is 13.7. The van der Waals surface area contributed by atoms with Gasteiger partial charge in [-0.1, -0.05) is 121 Å². The van der Waals surface area contributed by atoms with Crippen molar-refractivity contribution >= 4 is 59.0 Å². The van der Waals surface area contributed by atoms with Gasteiger partial charge in [0, 0.05) is 10.6 Å². The highest BCUT2D eigenvalue weighted by molar-refractivity contribution is 7.80. The fourth-order valence-electron chi connectivity index (χ4n) is 4.85. The van der Waals surface area contributed by atoms with Crippen LogP contribution in [0.1, 0.15) is 0 Å². The number of hydrogen-bond acceptors (Lipinski definition) is 2. The van der Waals surface area contributed by atoms with Crippen LogP contribution in [0.25, 0.3) is 0 Å². The van der Waals surface area contributed by atoms with Crippen molar-refractivity contribution < 1.29 is 17.6 Å². The summed E-state index contributed by atoms with van der Waals surface area (Å²) >= 11 is 0. The van der Waals surface area contributed by atoms with Gasteiger partial charge >= 0.3 is 0 Å². The molecular formula is C36H24F4N2P2. The van der Waals surface area contributed by atoms with Crippen molar-refractivity contribution in [3.8, 4) is 0 Å². The number of nitrogens with zero attached hydrogens (tertiary/aromatic N) is 2. The van der Waals surface area contributed by atoms with Gasteiger partial charge in [0.25, 0.3) is 0 Å². The van der Waals surface area contributed by atoms with Crippen molar-refractivity contribution in [3.63, 3.8) is 0 Å². The van der Waals surface area contributed by atoms with E-state index in [4.69, 9.17) is 0 Å². The van der Waals surface area contributed by atoms with E-state index in [-0.39, 0.29) is 10.6 Å². The van der Waals surface area contributed by atoms with Crippen LogP contribution in [0.4, 0.5) is 28.9 Å². The lowest BCUT2D eigenvalue weighted by Gasteiger charge is -2.21. The lowest BCUT2D eigenvalue weighted by atomic mass is 10.3. The van der Waals surface area contributed by atoms with Crippen LogP contribution in [0.3, 0.4) is 0 Å². The van der Waals surface area contributed by atoms with E-state index in [1.165, 1.54) is 12.1 Å². The molecule has 6 aromatic rings. The number of rotatable bonds is 8. The normalized spacial score (nSPS) is 11.5. The van der Waals surface area contributed by atoms with Gasteiger partial charge in [-0.3, -0.25) is 0 Å². The Labute approximate surface area is 255 Å². The number of benzene rings is 6. The lowest BCUT2D eigenvalue weighted by molar-refractivity contribution is 0.582. The molecule has 2 nitrogen and oxygen atoms in total. The van der Waals surface area contributed by atoms with E-state index in [0.717, 1.165) is 33.4 Å². The van der Waals surface area contributed by atoms with Gasteiger partial charge < -0.3 is 0 Å². The molecule has 0 fully saturated rings. The highest BCUT2D eigenvalue weighted by Crippen LogP contribution is 2.39. The standard InChI is InChI=1S/C36H24F4N2P2/c37-29-21-23-31(43(25-13-5-1-6-14-25)26-15-7-2-8-16-26)33(39)35(29)41-42-36-30(38)22-24-32(34(36)40)44(27-17-9-3-10-18-27)28-19-11-4-12-20-28/h1-24H. The van der Waals surface area contributed by atoms with E-state index >= 15 is 17.6 Å². The summed E-state index contributed by atoms with van der Waals surface area (Å²) in [5.41, 5.74) is -1.42. The number of azo groups is 1. The lowest BCUT2D eigenvalue weighted by Crippen LogP contribution is -2.23. The van der Waals surface area contributed by atoms with Crippen LogP contribution in [0, 0.1) is 23.3 Å². The summed E-state index contributed by atoms with van der Waals surface area (Å²) in [5, 5.41) is 11.4. The van der Waals surface area contributed by atoms with Crippen LogP contribution < -0.4 is 31.8 Å². The fourth-order valence-corrected chi connectivity index (χ4v) is 9.49. The van der Waals surface area contributed by atoms with E-state index in [2.05, 4.69) is 10.2 Å². The SMILES string of the molecule is Fc1ccc(P(c2ccccc2)c2ccccc2)c(F)c1N=Nc1c(F)ccc(P(c2ccccc2)c2ccccc2)c1F. The van der Waals surface area contributed by atoms with Gasteiger partial charge in [0.1, 0.15) is 0 Å². The van der Waals surface area contributed by atoms with Crippen molar-refractivity contribution in [2.24, 2.45) is 10.2 Å². The molecule has 0 heterocycles. The van der Waals surface area contributed by atoms with Crippen molar-refractivity contribution in [2.45, 2.75) is 0 Å². The molecule has 8 heteroatoms.